The quantitative estimate of drug-likeness (QED) is 0.283. The summed E-state index contributed by atoms with van der Waals surface area (Å²) in [5.74, 6) is -0.609. The highest BCUT2D eigenvalue weighted by Gasteiger charge is 2.33. The van der Waals surface area contributed by atoms with Crippen LogP contribution in [0.1, 0.15) is 21.5 Å². The third kappa shape index (κ3) is 5.82. The van der Waals surface area contributed by atoms with Crippen LogP contribution in [0.15, 0.2) is 71.8 Å². The molecule has 0 aliphatic rings. The van der Waals surface area contributed by atoms with E-state index in [-0.39, 0.29) is 11.5 Å². The summed E-state index contributed by atoms with van der Waals surface area (Å²) in [5, 5.41) is 15.5. The molecule has 0 aliphatic heterocycles. The van der Waals surface area contributed by atoms with E-state index < -0.39 is 28.3 Å². The summed E-state index contributed by atoms with van der Waals surface area (Å²) in [5.41, 5.74) is 1.32. The van der Waals surface area contributed by atoms with Crippen molar-refractivity contribution < 1.29 is 27.6 Å². The third-order valence-corrected chi connectivity index (χ3v) is 4.33. The topological polar surface area (TPSA) is 93.8 Å². The van der Waals surface area contributed by atoms with Gasteiger partial charge in [0.2, 0.25) is 5.75 Å². The summed E-state index contributed by atoms with van der Waals surface area (Å²) in [6.07, 6.45) is -3.36. The number of carbonyl (C=O) groups is 1. The number of hydrazone groups is 1. The monoisotopic (exact) mass is 463 g/mol. The van der Waals surface area contributed by atoms with Crippen LogP contribution in [0.5, 0.6) is 11.5 Å². The van der Waals surface area contributed by atoms with Crippen LogP contribution >= 0.6 is 11.6 Å². The van der Waals surface area contributed by atoms with Crippen LogP contribution in [-0.2, 0) is 6.18 Å². The second-order valence-electron chi connectivity index (χ2n) is 6.31. The highest BCUT2D eigenvalue weighted by molar-refractivity contribution is 6.30. The molecule has 3 aromatic carbocycles. The molecule has 0 unspecified atom stereocenters. The number of halogens is 4. The van der Waals surface area contributed by atoms with E-state index in [1.165, 1.54) is 18.3 Å². The average Bonchev–Trinajstić information content (AvgIpc) is 2.74. The lowest BCUT2D eigenvalue weighted by molar-refractivity contribution is -0.385. The molecule has 0 spiro atoms. The SMILES string of the molecule is O=C(N/N=C\c1ccc(Oc2ccc(C(F)(F)F)cc2[N+](=O)[O-])cc1)c1ccc(Cl)cc1. The van der Waals surface area contributed by atoms with Gasteiger partial charge in [-0.3, -0.25) is 14.9 Å². The van der Waals surface area contributed by atoms with E-state index >= 15 is 0 Å². The van der Waals surface area contributed by atoms with Crippen molar-refractivity contribution in [1.29, 1.82) is 0 Å². The molecule has 32 heavy (non-hydrogen) atoms. The number of carbonyl (C=O) groups excluding carboxylic acids is 1. The summed E-state index contributed by atoms with van der Waals surface area (Å²) < 4.78 is 43.7. The molecule has 3 rings (SSSR count). The van der Waals surface area contributed by atoms with Gasteiger partial charge in [0, 0.05) is 16.7 Å². The predicted octanol–water partition coefficient (Wildman–Crippen LogP) is 5.82. The maximum Gasteiger partial charge on any atom is 0.416 e. The minimum absolute atomic E-state index is 0.162. The van der Waals surface area contributed by atoms with Crippen LogP contribution < -0.4 is 10.2 Å². The lowest BCUT2D eigenvalue weighted by Gasteiger charge is -2.10. The van der Waals surface area contributed by atoms with Crippen molar-refractivity contribution in [2.24, 2.45) is 5.10 Å². The van der Waals surface area contributed by atoms with Crippen molar-refractivity contribution in [2.45, 2.75) is 6.18 Å². The van der Waals surface area contributed by atoms with Crippen molar-refractivity contribution in [3.8, 4) is 11.5 Å². The van der Waals surface area contributed by atoms with Gasteiger partial charge in [0.25, 0.3) is 5.91 Å². The average molecular weight is 464 g/mol. The van der Waals surface area contributed by atoms with Crippen molar-refractivity contribution in [1.82, 2.24) is 5.43 Å². The molecule has 0 fully saturated rings. The number of amides is 1. The number of ether oxygens (including phenoxy) is 1. The number of benzene rings is 3. The summed E-state index contributed by atoms with van der Waals surface area (Å²) in [6.45, 7) is 0. The molecule has 0 aromatic heterocycles. The summed E-state index contributed by atoms with van der Waals surface area (Å²) >= 11 is 5.76. The Kier molecular flexibility index (Phi) is 6.74. The Morgan fingerprint density at radius 1 is 1.06 bits per heavy atom. The van der Waals surface area contributed by atoms with E-state index in [9.17, 15) is 28.1 Å². The van der Waals surface area contributed by atoms with Crippen LogP contribution in [0.25, 0.3) is 0 Å². The molecule has 1 amide bonds. The molecule has 1 N–H and O–H groups in total. The number of alkyl halides is 3. The maximum atomic E-state index is 12.8. The van der Waals surface area contributed by atoms with E-state index in [2.05, 4.69) is 10.5 Å². The lowest BCUT2D eigenvalue weighted by atomic mass is 10.2. The van der Waals surface area contributed by atoms with E-state index in [4.69, 9.17) is 16.3 Å². The number of nitrogens with zero attached hydrogens (tertiary/aromatic N) is 2. The van der Waals surface area contributed by atoms with Crippen LogP contribution in [0, 0.1) is 10.1 Å². The zero-order valence-electron chi connectivity index (χ0n) is 16.0. The molecule has 11 heteroatoms. The molecule has 0 atom stereocenters. The minimum atomic E-state index is -4.72. The Bertz CT molecular complexity index is 1160. The predicted molar refractivity (Wildman–Crippen MR) is 111 cm³/mol. The number of hydrogen-bond donors (Lipinski definition) is 1. The van der Waals surface area contributed by atoms with Crippen molar-refractivity contribution in [3.63, 3.8) is 0 Å². The zero-order valence-corrected chi connectivity index (χ0v) is 16.7. The molecular formula is C21H13ClF3N3O4. The Labute approximate surface area is 184 Å². The molecule has 7 nitrogen and oxygen atoms in total. The molecule has 0 aliphatic carbocycles. The van der Waals surface area contributed by atoms with Gasteiger partial charge in [-0.2, -0.15) is 18.3 Å². The van der Waals surface area contributed by atoms with Crippen LogP contribution in [0.2, 0.25) is 5.02 Å². The fraction of sp³-hybridized carbons (Fsp3) is 0.0476. The van der Waals surface area contributed by atoms with Crippen molar-refractivity contribution >= 4 is 29.4 Å². The van der Waals surface area contributed by atoms with Gasteiger partial charge in [-0.1, -0.05) is 11.6 Å². The van der Waals surface area contributed by atoms with Gasteiger partial charge >= 0.3 is 11.9 Å². The number of nitro groups is 1. The Morgan fingerprint density at radius 2 is 1.72 bits per heavy atom. The maximum absolute atomic E-state index is 12.8. The Morgan fingerprint density at radius 3 is 2.31 bits per heavy atom. The zero-order chi connectivity index (χ0) is 23.3. The van der Waals surface area contributed by atoms with Gasteiger partial charge in [-0.05, 0) is 66.2 Å². The van der Waals surface area contributed by atoms with Crippen LogP contribution in [0.3, 0.4) is 0 Å². The van der Waals surface area contributed by atoms with Gasteiger partial charge in [0.05, 0.1) is 16.7 Å². The first kappa shape index (κ1) is 22.8. The summed E-state index contributed by atoms with van der Waals surface area (Å²) in [6, 6.07) is 14.2. The molecule has 0 heterocycles. The van der Waals surface area contributed by atoms with Crippen LogP contribution in [0.4, 0.5) is 18.9 Å². The molecule has 3 aromatic rings. The standard InChI is InChI=1S/C21H13ClF3N3O4/c22-16-6-3-14(4-7-16)20(29)27-26-12-13-1-8-17(9-2-13)32-19-10-5-15(21(23,24)25)11-18(19)28(30)31/h1-12H,(H,27,29)/b26-12-. The largest absolute Gasteiger partial charge is 0.450 e. The van der Waals surface area contributed by atoms with Gasteiger partial charge in [0.1, 0.15) is 5.75 Å². The molecule has 0 radical (unpaired) electrons. The third-order valence-electron chi connectivity index (χ3n) is 4.08. The van der Waals surface area contributed by atoms with Crippen LogP contribution in [-0.4, -0.2) is 17.0 Å². The number of hydrogen-bond acceptors (Lipinski definition) is 5. The van der Waals surface area contributed by atoms with E-state index in [1.54, 1.807) is 36.4 Å². The second kappa shape index (κ2) is 9.48. The van der Waals surface area contributed by atoms with Crippen molar-refractivity contribution in [3.05, 3.63) is 98.6 Å². The number of nitro benzene ring substituents is 1. The minimum Gasteiger partial charge on any atom is -0.450 e. The fourth-order valence-electron chi connectivity index (χ4n) is 2.50. The summed E-state index contributed by atoms with van der Waals surface area (Å²) in [4.78, 5) is 22.2. The van der Waals surface area contributed by atoms with Gasteiger partial charge < -0.3 is 4.74 Å². The lowest BCUT2D eigenvalue weighted by Crippen LogP contribution is -2.17. The Balaban J connectivity index is 1.67. The first-order valence-electron chi connectivity index (χ1n) is 8.86. The highest BCUT2D eigenvalue weighted by atomic mass is 35.5. The van der Waals surface area contributed by atoms with E-state index in [1.807, 2.05) is 0 Å². The van der Waals surface area contributed by atoms with Crippen molar-refractivity contribution in [2.75, 3.05) is 0 Å². The molecule has 0 saturated heterocycles. The highest BCUT2D eigenvalue weighted by Crippen LogP contribution is 2.37. The fourth-order valence-corrected chi connectivity index (χ4v) is 2.63. The van der Waals surface area contributed by atoms with E-state index in [0.29, 0.717) is 28.3 Å². The molecule has 0 bridgehead atoms. The Hall–Kier alpha value is -3.92. The number of nitrogens with one attached hydrogen (secondary N) is 1. The number of rotatable bonds is 6. The van der Waals surface area contributed by atoms with Gasteiger partial charge in [-0.25, -0.2) is 5.43 Å². The molecular weight excluding hydrogens is 451 g/mol. The van der Waals surface area contributed by atoms with Gasteiger partial charge in [-0.15, -0.1) is 0 Å². The summed E-state index contributed by atoms with van der Waals surface area (Å²) in [7, 11) is 0. The first-order chi connectivity index (χ1) is 15.1. The smallest absolute Gasteiger partial charge is 0.416 e. The van der Waals surface area contributed by atoms with E-state index in [0.717, 1.165) is 6.07 Å². The first-order valence-corrected chi connectivity index (χ1v) is 9.24. The molecule has 0 saturated carbocycles. The second-order valence-corrected chi connectivity index (χ2v) is 6.75. The van der Waals surface area contributed by atoms with Gasteiger partial charge in [0.15, 0.2) is 0 Å². The normalized spacial score (nSPS) is 11.4. The molecule has 164 valence electrons.